The summed E-state index contributed by atoms with van der Waals surface area (Å²) in [6.07, 6.45) is 3.49. The van der Waals surface area contributed by atoms with E-state index in [1.54, 1.807) is 12.1 Å². The van der Waals surface area contributed by atoms with Crippen molar-refractivity contribution in [2.45, 2.75) is 38.8 Å². The molecule has 19 heavy (non-hydrogen) atoms. The maximum absolute atomic E-state index is 14.0. The van der Waals surface area contributed by atoms with E-state index in [4.69, 9.17) is 10.9 Å². The molecule has 1 aromatic rings. The first kappa shape index (κ1) is 13.8. The maximum atomic E-state index is 14.0. The summed E-state index contributed by atoms with van der Waals surface area (Å²) in [5, 5.41) is 11.5. The third-order valence-electron chi connectivity index (χ3n) is 3.40. The standard InChI is InChI=1S/C14H20FN3O/c1-2-7-18(12-5-6-12)9-11-4-3-10(8-13(11)15)14(16)17-19/h3-4,8,12,19H,2,5-7,9H2,1H3,(H2,16,17). The number of benzene rings is 1. The van der Waals surface area contributed by atoms with Crippen molar-refractivity contribution in [2.75, 3.05) is 6.54 Å². The molecule has 0 atom stereocenters. The molecule has 0 aliphatic heterocycles. The second kappa shape index (κ2) is 6.02. The lowest BCUT2D eigenvalue weighted by Crippen LogP contribution is -2.27. The van der Waals surface area contributed by atoms with Crippen molar-refractivity contribution in [3.63, 3.8) is 0 Å². The van der Waals surface area contributed by atoms with Crippen LogP contribution in [0.15, 0.2) is 23.4 Å². The van der Waals surface area contributed by atoms with Gasteiger partial charge in [-0.25, -0.2) is 4.39 Å². The highest BCUT2D eigenvalue weighted by Gasteiger charge is 2.28. The summed E-state index contributed by atoms with van der Waals surface area (Å²) < 4.78 is 14.0. The Morgan fingerprint density at radius 1 is 1.53 bits per heavy atom. The van der Waals surface area contributed by atoms with Crippen molar-refractivity contribution < 1.29 is 9.60 Å². The first-order valence-corrected chi connectivity index (χ1v) is 6.66. The summed E-state index contributed by atoms with van der Waals surface area (Å²) in [6, 6.07) is 5.34. The Morgan fingerprint density at radius 3 is 2.79 bits per heavy atom. The Labute approximate surface area is 112 Å². The predicted molar refractivity (Wildman–Crippen MR) is 72.6 cm³/mol. The number of hydrogen-bond acceptors (Lipinski definition) is 3. The topological polar surface area (TPSA) is 61.8 Å². The quantitative estimate of drug-likeness (QED) is 0.359. The summed E-state index contributed by atoms with van der Waals surface area (Å²) in [7, 11) is 0. The Hall–Kier alpha value is -1.62. The van der Waals surface area contributed by atoms with Gasteiger partial charge in [-0.1, -0.05) is 24.2 Å². The van der Waals surface area contributed by atoms with E-state index in [2.05, 4.69) is 17.0 Å². The Balaban J connectivity index is 2.11. The second-order valence-corrected chi connectivity index (χ2v) is 4.99. The molecule has 0 radical (unpaired) electrons. The van der Waals surface area contributed by atoms with E-state index in [-0.39, 0.29) is 11.7 Å². The molecule has 4 nitrogen and oxygen atoms in total. The lowest BCUT2D eigenvalue weighted by atomic mass is 10.1. The van der Waals surface area contributed by atoms with E-state index in [9.17, 15) is 4.39 Å². The molecular formula is C14H20FN3O. The summed E-state index contributed by atoms with van der Waals surface area (Å²) in [6.45, 7) is 3.75. The number of oxime groups is 1. The monoisotopic (exact) mass is 265 g/mol. The molecule has 5 heteroatoms. The van der Waals surface area contributed by atoms with Crippen LogP contribution in [0, 0.1) is 5.82 Å². The normalized spacial score (nSPS) is 16.1. The molecule has 2 rings (SSSR count). The fourth-order valence-corrected chi connectivity index (χ4v) is 2.23. The fourth-order valence-electron chi connectivity index (χ4n) is 2.23. The smallest absolute Gasteiger partial charge is 0.170 e. The van der Waals surface area contributed by atoms with E-state index in [1.807, 2.05) is 0 Å². The van der Waals surface area contributed by atoms with Crippen LogP contribution < -0.4 is 5.73 Å². The van der Waals surface area contributed by atoms with Gasteiger partial charge in [-0.15, -0.1) is 0 Å². The molecule has 0 unspecified atom stereocenters. The van der Waals surface area contributed by atoms with Gasteiger partial charge in [0.1, 0.15) is 5.82 Å². The molecule has 0 aromatic heterocycles. The number of nitrogens with two attached hydrogens (primary N) is 1. The first-order valence-electron chi connectivity index (χ1n) is 6.66. The number of amidine groups is 1. The van der Waals surface area contributed by atoms with Crippen LogP contribution in [0.1, 0.15) is 37.3 Å². The average Bonchev–Trinajstić information content (AvgIpc) is 3.23. The highest BCUT2D eigenvalue weighted by atomic mass is 19.1. The molecular weight excluding hydrogens is 245 g/mol. The molecule has 0 bridgehead atoms. The SMILES string of the molecule is CCCN(Cc1ccc(/C(N)=N/O)cc1F)C1CC1. The Kier molecular flexibility index (Phi) is 4.37. The minimum atomic E-state index is -0.300. The van der Waals surface area contributed by atoms with Gasteiger partial charge in [0.15, 0.2) is 5.84 Å². The van der Waals surface area contributed by atoms with Gasteiger partial charge < -0.3 is 10.9 Å². The first-order chi connectivity index (χ1) is 9.15. The van der Waals surface area contributed by atoms with E-state index in [0.29, 0.717) is 23.7 Å². The zero-order valence-electron chi connectivity index (χ0n) is 11.1. The zero-order valence-corrected chi connectivity index (χ0v) is 11.1. The molecule has 1 aromatic carbocycles. The predicted octanol–water partition coefficient (Wildman–Crippen LogP) is 2.29. The molecule has 1 aliphatic carbocycles. The van der Waals surface area contributed by atoms with Gasteiger partial charge in [0.05, 0.1) is 0 Å². The highest BCUT2D eigenvalue weighted by Crippen LogP contribution is 2.28. The summed E-state index contributed by atoms with van der Waals surface area (Å²) >= 11 is 0. The van der Waals surface area contributed by atoms with Crippen molar-refractivity contribution in [3.8, 4) is 0 Å². The average molecular weight is 265 g/mol. The molecule has 1 aliphatic rings. The summed E-state index contributed by atoms with van der Waals surface area (Å²) in [4.78, 5) is 2.32. The van der Waals surface area contributed by atoms with Crippen LogP contribution >= 0.6 is 0 Å². The minimum absolute atomic E-state index is 0.0712. The highest BCUT2D eigenvalue weighted by molar-refractivity contribution is 5.97. The Bertz CT molecular complexity index is 472. The van der Waals surface area contributed by atoms with Crippen molar-refractivity contribution in [2.24, 2.45) is 10.9 Å². The van der Waals surface area contributed by atoms with Crippen molar-refractivity contribution in [3.05, 3.63) is 35.1 Å². The van der Waals surface area contributed by atoms with Gasteiger partial charge >= 0.3 is 0 Å². The Morgan fingerprint density at radius 2 is 2.26 bits per heavy atom. The molecule has 0 amide bonds. The largest absolute Gasteiger partial charge is 0.409 e. The van der Waals surface area contributed by atoms with Crippen LogP contribution in [0.3, 0.4) is 0 Å². The maximum Gasteiger partial charge on any atom is 0.170 e. The molecule has 104 valence electrons. The third kappa shape index (κ3) is 3.44. The lowest BCUT2D eigenvalue weighted by Gasteiger charge is -2.21. The molecule has 1 fully saturated rings. The van der Waals surface area contributed by atoms with Gasteiger partial charge in [0.25, 0.3) is 0 Å². The van der Waals surface area contributed by atoms with E-state index in [0.717, 1.165) is 13.0 Å². The van der Waals surface area contributed by atoms with Crippen molar-refractivity contribution in [1.29, 1.82) is 0 Å². The van der Waals surface area contributed by atoms with Gasteiger partial charge in [0.2, 0.25) is 0 Å². The minimum Gasteiger partial charge on any atom is -0.409 e. The number of hydrogen-bond donors (Lipinski definition) is 2. The van der Waals surface area contributed by atoms with Crippen LogP contribution in [0.5, 0.6) is 0 Å². The zero-order chi connectivity index (χ0) is 13.8. The number of rotatable bonds is 6. The van der Waals surface area contributed by atoms with Crippen molar-refractivity contribution >= 4 is 5.84 Å². The van der Waals surface area contributed by atoms with Crippen LogP contribution in [0.4, 0.5) is 4.39 Å². The molecule has 0 spiro atoms. The van der Waals surface area contributed by atoms with Crippen LogP contribution in [-0.4, -0.2) is 28.5 Å². The van der Waals surface area contributed by atoms with Gasteiger partial charge in [-0.3, -0.25) is 4.90 Å². The van der Waals surface area contributed by atoms with E-state index < -0.39 is 0 Å². The fraction of sp³-hybridized carbons (Fsp3) is 0.500. The summed E-state index contributed by atoms with van der Waals surface area (Å²) in [5.74, 6) is -0.371. The molecule has 3 N–H and O–H groups in total. The van der Waals surface area contributed by atoms with E-state index in [1.165, 1.54) is 18.9 Å². The van der Waals surface area contributed by atoms with Crippen molar-refractivity contribution in [1.82, 2.24) is 4.90 Å². The van der Waals surface area contributed by atoms with Crippen LogP contribution in [0.2, 0.25) is 0 Å². The lowest BCUT2D eigenvalue weighted by molar-refractivity contribution is 0.252. The molecule has 1 saturated carbocycles. The van der Waals surface area contributed by atoms with Gasteiger partial charge in [-0.05, 0) is 31.9 Å². The molecule has 0 heterocycles. The van der Waals surface area contributed by atoms with Gasteiger partial charge in [0, 0.05) is 23.7 Å². The van der Waals surface area contributed by atoms with Gasteiger partial charge in [-0.2, -0.15) is 0 Å². The number of nitrogens with zero attached hydrogens (tertiary/aromatic N) is 2. The molecule has 0 saturated heterocycles. The number of halogens is 1. The second-order valence-electron chi connectivity index (χ2n) is 4.99. The van der Waals surface area contributed by atoms with E-state index >= 15 is 0 Å². The third-order valence-corrected chi connectivity index (χ3v) is 3.40. The van der Waals surface area contributed by atoms with Crippen LogP contribution in [-0.2, 0) is 6.54 Å². The van der Waals surface area contributed by atoms with Crippen LogP contribution in [0.25, 0.3) is 0 Å². The summed E-state index contributed by atoms with van der Waals surface area (Å²) in [5.41, 5.74) is 6.51.